The summed E-state index contributed by atoms with van der Waals surface area (Å²) in [4.78, 5) is 8.54. The van der Waals surface area contributed by atoms with Crippen molar-refractivity contribution in [3.05, 3.63) is 272 Å². The number of pyridine rings is 1. The maximum absolute atomic E-state index is 9.08. The number of benzene rings is 10. The van der Waals surface area contributed by atoms with Crippen LogP contribution in [-0.2, 0) is 21.1 Å². The first-order chi connectivity index (χ1) is 41.1. The van der Waals surface area contributed by atoms with Gasteiger partial charge in [-0.05, 0) is 89.4 Å². The minimum absolute atomic E-state index is 0. The molecule has 3 heterocycles. The molecule has 0 atom stereocenters. The number of rotatable bonds is 11. The third-order valence-corrected chi connectivity index (χ3v) is 13.9. The van der Waals surface area contributed by atoms with E-state index < -0.39 is 60.4 Å². The van der Waals surface area contributed by atoms with Crippen molar-refractivity contribution in [2.45, 2.75) is 20.8 Å². The second-order valence-corrected chi connectivity index (χ2v) is 18.1. The summed E-state index contributed by atoms with van der Waals surface area (Å²) in [6.45, 7) is 8.20. The number of fused-ring (bicyclic) bond motifs is 4. The van der Waals surface area contributed by atoms with Gasteiger partial charge in [-0.3, -0.25) is 0 Å². The van der Waals surface area contributed by atoms with E-state index in [1.165, 1.54) is 5.56 Å². The Morgan fingerprint density at radius 1 is 0.500 bits per heavy atom. The van der Waals surface area contributed by atoms with Gasteiger partial charge in [0.05, 0.1) is 13.7 Å². The van der Waals surface area contributed by atoms with E-state index >= 15 is 0 Å². The summed E-state index contributed by atoms with van der Waals surface area (Å²) in [5.41, 5.74) is 11.2. The van der Waals surface area contributed by atoms with Gasteiger partial charge in [0.15, 0.2) is 0 Å². The standard InChI is InChI=1S/C69H49N4O2.Pt/c1-46-47(2)66(51-26-12-6-13-27-51)69(67(48(46)3)52-28-14-7-15-29-52)75-56-40-41-70-65(44-56)73-61-35-17-16-32-59(61)60-39-38-55(43-64(60)73)74-54-31-20-30-53(42-54)71-45-72(63-37-19-18-36-62(63)71)68-57(49-22-8-4-9-23-49)33-21-34-58(68)50-24-10-5-11-25-50;/h4-41,44-45H,1-3H3;/q-3;/i4D,5D,8D,9D,10D,11D,22D,23D,24D,25D;. The fraction of sp³-hybridized carbons (Fsp3) is 0.0435. The summed E-state index contributed by atoms with van der Waals surface area (Å²) >= 11 is 0. The Morgan fingerprint density at radius 2 is 1.08 bits per heavy atom. The van der Waals surface area contributed by atoms with E-state index in [1.54, 1.807) is 42.0 Å². The maximum Gasteiger partial charge on any atom is 0.143 e. The predicted molar refractivity (Wildman–Crippen MR) is 307 cm³/mol. The topological polar surface area (TPSA) is 42.8 Å². The number of hydrogen-bond acceptors (Lipinski definition) is 5. The zero-order chi connectivity index (χ0) is 59.1. The van der Waals surface area contributed by atoms with Crippen molar-refractivity contribution < 1.29 is 44.2 Å². The van der Waals surface area contributed by atoms with Gasteiger partial charge in [0.2, 0.25) is 0 Å². The van der Waals surface area contributed by atoms with Crippen molar-refractivity contribution in [2.24, 2.45) is 0 Å². The summed E-state index contributed by atoms with van der Waals surface area (Å²) in [6, 6.07) is 55.9. The molecule has 1 aliphatic heterocycles. The molecule has 0 unspecified atom stereocenters. The molecule has 1 aliphatic rings. The Morgan fingerprint density at radius 3 is 1.74 bits per heavy atom. The van der Waals surface area contributed by atoms with Gasteiger partial charge < -0.3 is 23.8 Å². The molecule has 7 heteroatoms. The van der Waals surface area contributed by atoms with Crippen LogP contribution in [0.15, 0.2) is 236 Å². The summed E-state index contributed by atoms with van der Waals surface area (Å²) in [5.74, 6) is 2.68. The monoisotopic (exact) mass is 1170 g/mol. The molecule has 10 aromatic carbocycles. The van der Waals surface area contributed by atoms with Crippen LogP contribution in [0.3, 0.4) is 0 Å². The van der Waals surface area contributed by atoms with Crippen LogP contribution in [0.4, 0.5) is 22.7 Å². The fourth-order valence-corrected chi connectivity index (χ4v) is 10.2. The fourth-order valence-electron chi connectivity index (χ4n) is 10.2. The van der Waals surface area contributed by atoms with Crippen LogP contribution in [-0.4, -0.2) is 9.55 Å². The molecule has 0 bridgehead atoms. The second kappa shape index (κ2) is 20.4. The molecular formula is C69H49N4O2Pt-3. The molecule has 0 amide bonds. The molecule has 0 spiro atoms. The molecule has 2 aromatic heterocycles. The summed E-state index contributed by atoms with van der Waals surface area (Å²) in [7, 11) is 0. The number of nitrogens with zero attached hydrogens (tertiary/aromatic N) is 4. The van der Waals surface area contributed by atoms with Gasteiger partial charge in [0.1, 0.15) is 17.3 Å². The van der Waals surface area contributed by atoms with E-state index in [-0.39, 0.29) is 49.0 Å². The average molecular weight is 1170 g/mol. The van der Waals surface area contributed by atoms with E-state index in [4.69, 9.17) is 28.2 Å². The van der Waals surface area contributed by atoms with E-state index in [0.29, 0.717) is 45.6 Å². The van der Waals surface area contributed by atoms with Crippen molar-refractivity contribution in [3.8, 4) is 73.3 Å². The number of anilines is 4. The third-order valence-electron chi connectivity index (χ3n) is 13.9. The van der Waals surface area contributed by atoms with Gasteiger partial charge in [-0.2, -0.15) is 12.1 Å². The molecule has 0 radical (unpaired) electrons. The molecule has 12 aromatic rings. The first-order valence-corrected chi connectivity index (χ1v) is 24.5. The normalized spacial score (nSPS) is 13.8. The Bertz CT molecular complexity index is 4500. The minimum Gasteiger partial charge on any atom is -0.509 e. The first-order valence-electron chi connectivity index (χ1n) is 29.5. The zero-order valence-electron chi connectivity index (χ0n) is 51.2. The second-order valence-electron chi connectivity index (χ2n) is 18.1. The van der Waals surface area contributed by atoms with Crippen molar-refractivity contribution in [1.82, 2.24) is 9.55 Å². The molecule has 0 aliphatic carbocycles. The largest absolute Gasteiger partial charge is 0.509 e. The van der Waals surface area contributed by atoms with Gasteiger partial charge >= 0.3 is 0 Å². The van der Waals surface area contributed by atoms with Crippen LogP contribution < -0.4 is 19.3 Å². The number of para-hydroxylation sites is 4. The predicted octanol–water partition coefficient (Wildman–Crippen LogP) is 18.4. The molecule has 13 rings (SSSR count). The van der Waals surface area contributed by atoms with Crippen LogP contribution in [0.1, 0.15) is 30.4 Å². The van der Waals surface area contributed by atoms with Gasteiger partial charge in [0, 0.05) is 89.7 Å². The molecular weight excluding hydrogens is 1110 g/mol. The molecule has 0 fully saturated rings. The molecule has 370 valence electrons. The van der Waals surface area contributed by atoms with Crippen LogP contribution in [0.2, 0.25) is 0 Å². The number of hydrogen-bond donors (Lipinski definition) is 0. The van der Waals surface area contributed by atoms with Gasteiger partial charge in [-0.25, -0.2) is 4.98 Å². The molecule has 6 nitrogen and oxygen atoms in total. The third kappa shape index (κ3) is 8.61. The van der Waals surface area contributed by atoms with Gasteiger partial charge in [0.25, 0.3) is 0 Å². The number of aromatic nitrogens is 2. The van der Waals surface area contributed by atoms with Crippen molar-refractivity contribution in [2.75, 3.05) is 9.80 Å². The SMILES string of the molecule is [2H]c1c([2H])c([2H])c(-c2cccc(-c3c([2H])c([2H])c([2H])c([2H])c3[2H])c2N2[CH-]N(c3[c-]c(Oc4[c-]c5c(cc4)c4ccccc4n5-c4cc(Oc5c(-c6ccccc6)c(C)c(C)c(C)c5-c5ccccc5)ccn4)ccc3)c3ccccc32)c([2H])c1[2H].[Pt]. The minimum atomic E-state index is -0.573. The summed E-state index contributed by atoms with van der Waals surface area (Å²) < 4.78 is 104. The van der Waals surface area contributed by atoms with E-state index in [1.807, 2.05) is 120 Å². The van der Waals surface area contributed by atoms with Gasteiger partial charge in [-0.1, -0.05) is 175 Å². The summed E-state index contributed by atoms with van der Waals surface area (Å²) in [5, 5.41) is 1.91. The molecule has 0 N–H and O–H groups in total. The van der Waals surface area contributed by atoms with Crippen LogP contribution >= 0.6 is 0 Å². The first kappa shape index (κ1) is 37.7. The number of ether oxygens (including phenoxy) is 2. The van der Waals surface area contributed by atoms with Crippen LogP contribution in [0, 0.1) is 39.6 Å². The van der Waals surface area contributed by atoms with Crippen LogP contribution in [0.5, 0.6) is 23.0 Å². The Kier molecular flexibility index (Phi) is 10.1. The smallest absolute Gasteiger partial charge is 0.143 e. The van der Waals surface area contributed by atoms with Gasteiger partial charge in [-0.15, -0.1) is 48.1 Å². The van der Waals surface area contributed by atoms with E-state index in [0.717, 1.165) is 55.4 Å². The Hall–Kier alpha value is -8.96. The van der Waals surface area contributed by atoms with Crippen molar-refractivity contribution in [3.63, 3.8) is 0 Å². The molecule has 76 heavy (non-hydrogen) atoms. The van der Waals surface area contributed by atoms with Crippen LogP contribution in [0.25, 0.3) is 72.1 Å². The van der Waals surface area contributed by atoms with E-state index in [9.17, 15) is 0 Å². The summed E-state index contributed by atoms with van der Waals surface area (Å²) in [6.07, 6.45) is 1.75. The maximum atomic E-state index is 9.08. The zero-order valence-corrected chi connectivity index (χ0v) is 43.5. The quantitative estimate of drug-likeness (QED) is 0.121. The molecule has 0 saturated carbocycles. The van der Waals surface area contributed by atoms with Crippen molar-refractivity contribution >= 4 is 44.6 Å². The molecule has 0 saturated heterocycles. The Labute approximate surface area is 472 Å². The average Bonchev–Trinajstić information content (AvgIpc) is 1.64. The van der Waals surface area contributed by atoms with E-state index in [2.05, 4.69) is 67.8 Å². The Balaban J connectivity index is 0.00000724. The van der Waals surface area contributed by atoms with Crippen molar-refractivity contribution in [1.29, 1.82) is 0 Å².